The van der Waals surface area contributed by atoms with Crippen LogP contribution in [0.5, 0.6) is 0 Å². The van der Waals surface area contributed by atoms with E-state index in [-0.39, 0.29) is 0 Å². The summed E-state index contributed by atoms with van der Waals surface area (Å²) in [5.41, 5.74) is 2.09. The van der Waals surface area contributed by atoms with Gasteiger partial charge in [-0.15, -0.1) is 0 Å². The van der Waals surface area contributed by atoms with E-state index in [1.807, 2.05) is 30.3 Å². The van der Waals surface area contributed by atoms with Gasteiger partial charge in [-0.2, -0.15) is 0 Å². The molecule has 0 aliphatic rings. The molecule has 2 heteroatoms. The van der Waals surface area contributed by atoms with Crippen LogP contribution in [-0.2, 0) is 0 Å². The zero-order valence-corrected chi connectivity index (χ0v) is 9.53. The fraction of sp³-hybridized carbons (Fsp3) is 0. The van der Waals surface area contributed by atoms with Gasteiger partial charge in [-0.25, -0.2) is 4.98 Å². The van der Waals surface area contributed by atoms with E-state index in [9.17, 15) is 0 Å². The molecule has 0 aliphatic heterocycles. The highest BCUT2D eigenvalue weighted by Crippen LogP contribution is 2.22. The van der Waals surface area contributed by atoms with Gasteiger partial charge in [0.15, 0.2) is 0 Å². The highest BCUT2D eigenvalue weighted by Gasteiger charge is 1.99. The van der Waals surface area contributed by atoms with Crippen LogP contribution >= 0.6 is 15.9 Å². The summed E-state index contributed by atoms with van der Waals surface area (Å²) in [6.45, 7) is 0. The predicted molar refractivity (Wildman–Crippen MR) is 66.9 cm³/mol. The molecular formula is C13H8BrN. The van der Waals surface area contributed by atoms with Crippen LogP contribution in [0.1, 0.15) is 0 Å². The van der Waals surface area contributed by atoms with Crippen molar-refractivity contribution in [2.24, 2.45) is 0 Å². The molecule has 0 saturated carbocycles. The van der Waals surface area contributed by atoms with Crippen molar-refractivity contribution in [3.8, 4) is 0 Å². The van der Waals surface area contributed by atoms with E-state index in [1.54, 1.807) is 0 Å². The van der Waals surface area contributed by atoms with Gasteiger partial charge >= 0.3 is 0 Å². The molecular weight excluding hydrogens is 250 g/mol. The molecule has 72 valence electrons. The van der Waals surface area contributed by atoms with Gasteiger partial charge in [0.25, 0.3) is 0 Å². The molecule has 0 amide bonds. The number of benzene rings is 2. The smallest absolute Gasteiger partial charge is 0.0710 e. The molecule has 1 heterocycles. The highest BCUT2D eigenvalue weighted by molar-refractivity contribution is 9.10. The fourth-order valence-electron chi connectivity index (χ4n) is 1.75. The molecule has 3 aromatic rings. The Morgan fingerprint density at radius 1 is 0.800 bits per heavy atom. The first kappa shape index (κ1) is 8.86. The van der Waals surface area contributed by atoms with Crippen LogP contribution in [0.4, 0.5) is 0 Å². The lowest BCUT2D eigenvalue weighted by Gasteiger charge is -2.01. The minimum Gasteiger partial charge on any atom is -0.248 e. The second-order valence-corrected chi connectivity index (χ2v) is 4.43. The number of hydrogen-bond acceptors (Lipinski definition) is 1. The van der Waals surface area contributed by atoms with Gasteiger partial charge in [-0.1, -0.05) is 34.1 Å². The SMILES string of the molecule is Brc1ccc2nc3ccccc3cc2c1. The van der Waals surface area contributed by atoms with E-state index in [0.29, 0.717) is 0 Å². The third-order valence-corrected chi connectivity index (χ3v) is 2.97. The van der Waals surface area contributed by atoms with Gasteiger partial charge in [-0.05, 0) is 30.3 Å². The van der Waals surface area contributed by atoms with Crippen molar-refractivity contribution in [2.45, 2.75) is 0 Å². The number of rotatable bonds is 0. The maximum absolute atomic E-state index is 4.60. The molecule has 0 aliphatic carbocycles. The summed E-state index contributed by atoms with van der Waals surface area (Å²) in [7, 11) is 0. The third kappa shape index (κ3) is 1.51. The van der Waals surface area contributed by atoms with Gasteiger partial charge in [0.1, 0.15) is 0 Å². The Balaban J connectivity index is 2.47. The Labute approximate surface area is 95.9 Å². The van der Waals surface area contributed by atoms with Crippen molar-refractivity contribution in [2.75, 3.05) is 0 Å². The minimum absolute atomic E-state index is 1.04. The van der Waals surface area contributed by atoms with Crippen molar-refractivity contribution in [1.82, 2.24) is 4.98 Å². The quantitative estimate of drug-likeness (QED) is 0.552. The number of halogens is 1. The second-order valence-electron chi connectivity index (χ2n) is 3.52. The van der Waals surface area contributed by atoms with Crippen LogP contribution in [0.3, 0.4) is 0 Å². The maximum Gasteiger partial charge on any atom is 0.0710 e. The van der Waals surface area contributed by atoms with Crippen molar-refractivity contribution in [3.05, 3.63) is 53.0 Å². The number of para-hydroxylation sites is 1. The Morgan fingerprint density at radius 2 is 1.60 bits per heavy atom. The summed E-state index contributed by atoms with van der Waals surface area (Å²) in [6.07, 6.45) is 0. The summed E-state index contributed by atoms with van der Waals surface area (Å²) in [5, 5.41) is 2.35. The number of fused-ring (bicyclic) bond motifs is 2. The van der Waals surface area contributed by atoms with Crippen LogP contribution in [0.2, 0.25) is 0 Å². The number of hydrogen-bond donors (Lipinski definition) is 0. The molecule has 2 aromatic carbocycles. The molecule has 1 nitrogen and oxygen atoms in total. The Hall–Kier alpha value is -1.41. The molecule has 1 aromatic heterocycles. The molecule has 0 fully saturated rings. The lowest BCUT2D eigenvalue weighted by molar-refractivity contribution is 1.49. The normalized spacial score (nSPS) is 11.0. The summed E-state index contributed by atoms with van der Waals surface area (Å²) < 4.78 is 1.09. The molecule has 3 rings (SSSR count). The zero-order chi connectivity index (χ0) is 10.3. The van der Waals surface area contributed by atoms with E-state index < -0.39 is 0 Å². The number of pyridine rings is 1. The molecule has 15 heavy (non-hydrogen) atoms. The van der Waals surface area contributed by atoms with Gasteiger partial charge in [0.2, 0.25) is 0 Å². The monoisotopic (exact) mass is 257 g/mol. The fourth-order valence-corrected chi connectivity index (χ4v) is 2.13. The molecule has 0 radical (unpaired) electrons. The van der Waals surface area contributed by atoms with Gasteiger partial charge in [0.05, 0.1) is 11.0 Å². The van der Waals surface area contributed by atoms with E-state index in [2.05, 4.69) is 39.1 Å². The average molecular weight is 258 g/mol. The Kier molecular flexibility index (Phi) is 1.96. The Bertz CT molecular complexity index is 646. The van der Waals surface area contributed by atoms with E-state index in [1.165, 1.54) is 10.8 Å². The molecule has 0 saturated heterocycles. The molecule has 0 spiro atoms. The second kappa shape index (κ2) is 3.31. The number of nitrogens with zero attached hydrogens (tertiary/aromatic N) is 1. The van der Waals surface area contributed by atoms with Crippen molar-refractivity contribution in [3.63, 3.8) is 0 Å². The zero-order valence-electron chi connectivity index (χ0n) is 7.94. The van der Waals surface area contributed by atoms with Gasteiger partial charge < -0.3 is 0 Å². The summed E-state index contributed by atoms with van der Waals surface area (Å²) >= 11 is 3.47. The van der Waals surface area contributed by atoms with Gasteiger partial charge in [0, 0.05) is 15.2 Å². The summed E-state index contributed by atoms with van der Waals surface area (Å²) in [5.74, 6) is 0. The average Bonchev–Trinajstić information content (AvgIpc) is 2.26. The first-order chi connectivity index (χ1) is 7.33. The third-order valence-electron chi connectivity index (χ3n) is 2.48. The first-order valence-electron chi connectivity index (χ1n) is 4.78. The lowest BCUT2D eigenvalue weighted by atomic mass is 10.1. The van der Waals surface area contributed by atoms with Crippen LogP contribution in [0, 0.1) is 0 Å². The lowest BCUT2D eigenvalue weighted by Crippen LogP contribution is -1.81. The topological polar surface area (TPSA) is 12.9 Å². The summed E-state index contributed by atoms with van der Waals surface area (Å²) in [6, 6.07) is 16.5. The molecule has 0 N–H and O–H groups in total. The minimum atomic E-state index is 1.04. The Morgan fingerprint density at radius 3 is 2.53 bits per heavy atom. The standard InChI is InChI=1S/C13H8BrN/c14-11-5-6-13-10(8-11)7-9-3-1-2-4-12(9)15-13/h1-8H. The first-order valence-corrected chi connectivity index (χ1v) is 5.57. The van der Waals surface area contributed by atoms with Gasteiger partial charge in [-0.3, -0.25) is 0 Å². The maximum atomic E-state index is 4.60. The van der Waals surface area contributed by atoms with Crippen molar-refractivity contribution in [1.29, 1.82) is 0 Å². The highest BCUT2D eigenvalue weighted by atomic mass is 79.9. The summed E-state index contributed by atoms with van der Waals surface area (Å²) in [4.78, 5) is 4.60. The predicted octanol–water partition coefficient (Wildman–Crippen LogP) is 4.15. The van der Waals surface area contributed by atoms with E-state index in [4.69, 9.17) is 0 Å². The van der Waals surface area contributed by atoms with Crippen molar-refractivity contribution < 1.29 is 0 Å². The molecule has 0 atom stereocenters. The van der Waals surface area contributed by atoms with Crippen LogP contribution < -0.4 is 0 Å². The number of aromatic nitrogens is 1. The van der Waals surface area contributed by atoms with Crippen molar-refractivity contribution >= 4 is 37.7 Å². The van der Waals surface area contributed by atoms with Crippen LogP contribution in [0.15, 0.2) is 53.0 Å². The van der Waals surface area contributed by atoms with E-state index >= 15 is 0 Å². The van der Waals surface area contributed by atoms with Crippen LogP contribution in [0.25, 0.3) is 21.8 Å². The van der Waals surface area contributed by atoms with Crippen LogP contribution in [-0.4, -0.2) is 4.98 Å². The van der Waals surface area contributed by atoms with E-state index in [0.717, 1.165) is 15.5 Å². The molecule has 0 bridgehead atoms. The largest absolute Gasteiger partial charge is 0.248 e. The molecule has 0 unspecified atom stereocenters.